The van der Waals surface area contributed by atoms with Gasteiger partial charge in [0, 0.05) is 11.1 Å². The molecule has 0 radical (unpaired) electrons. The number of benzene rings is 1. The lowest BCUT2D eigenvalue weighted by molar-refractivity contribution is 1.12. The Bertz CT molecular complexity index is 483. The van der Waals surface area contributed by atoms with Gasteiger partial charge in [0.1, 0.15) is 5.03 Å². The van der Waals surface area contributed by atoms with Crippen LogP contribution >= 0.6 is 11.8 Å². The molecule has 4 nitrogen and oxygen atoms in total. The van der Waals surface area contributed by atoms with Crippen LogP contribution in [0.4, 0.5) is 11.6 Å². The monoisotopic (exact) mass is 206 g/mol. The third kappa shape index (κ3) is 1.46. The van der Waals surface area contributed by atoms with Crippen molar-refractivity contribution in [2.75, 3.05) is 17.7 Å². The third-order valence-corrected chi connectivity index (χ3v) is 2.59. The van der Waals surface area contributed by atoms with Crippen molar-refractivity contribution in [2.24, 2.45) is 0 Å². The molecular weight excluding hydrogens is 196 g/mol. The second kappa shape index (κ2) is 3.34. The Labute approximate surface area is 85.7 Å². The molecule has 0 fully saturated rings. The fourth-order valence-corrected chi connectivity index (χ4v) is 1.86. The number of nitrogens with two attached hydrogens (primary N) is 2. The minimum atomic E-state index is 0.298. The van der Waals surface area contributed by atoms with Crippen LogP contribution in [0.1, 0.15) is 0 Å². The number of hydrogen-bond donors (Lipinski definition) is 2. The van der Waals surface area contributed by atoms with E-state index in [1.165, 1.54) is 11.8 Å². The second-order valence-electron chi connectivity index (χ2n) is 2.87. The Hall–Kier alpha value is -1.49. The minimum absolute atomic E-state index is 0.298. The van der Waals surface area contributed by atoms with Gasteiger partial charge in [-0.15, -0.1) is 11.8 Å². The minimum Gasteiger partial charge on any atom is -0.399 e. The van der Waals surface area contributed by atoms with Gasteiger partial charge in [-0.2, -0.15) is 0 Å². The lowest BCUT2D eigenvalue weighted by Gasteiger charge is -2.04. The maximum absolute atomic E-state index is 5.69. The lowest BCUT2D eigenvalue weighted by Crippen LogP contribution is -1.97. The molecule has 0 bridgehead atoms. The molecule has 0 saturated heterocycles. The van der Waals surface area contributed by atoms with Crippen molar-refractivity contribution in [2.45, 2.75) is 5.03 Å². The molecule has 0 aliphatic carbocycles. The number of aromatic nitrogens is 2. The first kappa shape index (κ1) is 9.08. The molecule has 0 unspecified atom stereocenters. The average Bonchev–Trinajstić information content (AvgIpc) is 2.17. The van der Waals surface area contributed by atoms with E-state index in [1.54, 1.807) is 6.07 Å². The molecule has 2 aromatic rings. The molecule has 5 heteroatoms. The first-order valence-electron chi connectivity index (χ1n) is 4.07. The largest absolute Gasteiger partial charge is 0.399 e. The summed E-state index contributed by atoms with van der Waals surface area (Å²) < 4.78 is 0. The van der Waals surface area contributed by atoms with Gasteiger partial charge < -0.3 is 11.5 Å². The molecule has 0 atom stereocenters. The molecule has 72 valence electrons. The van der Waals surface area contributed by atoms with Crippen LogP contribution in [-0.4, -0.2) is 16.2 Å². The third-order valence-electron chi connectivity index (χ3n) is 1.90. The zero-order valence-electron chi connectivity index (χ0n) is 7.69. The zero-order chi connectivity index (χ0) is 10.1. The topological polar surface area (TPSA) is 77.8 Å². The summed E-state index contributed by atoms with van der Waals surface area (Å²) in [6.07, 6.45) is 1.95. The highest BCUT2D eigenvalue weighted by atomic mass is 32.2. The predicted molar refractivity (Wildman–Crippen MR) is 60.1 cm³/mol. The average molecular weight is 206 g/mol. The van der Waals surface area contributed by atoms with Crippen LogP contribution in [0.5, 0.6) is 0 Å². The summed E-state index contributed by atoms with van der Waals surface area (Å²) in [6, 6.07) is 5.52. The standard InChI is InChI=1S/C9H10N4S/c1-14-8-6-4-5(10)2-3-7(6)12-9(11)13-8/h2-4H,10H2,1H3,(H2,11,12,13). The van der Waals surface area contributed by atoms with E-state index in [0.717, 1.165) is 15.9 Å². The smallest absolute Gasteiger partial charge is 0.221 e. The van der Waals surface area contributed by atoms with Crippen LogP contribution in [0.3, 0.4) is 0 Å². The number of thioether (sulfide) groups is 1. The van der Waals surface area contributed by atoms with E-state index in [1.807, 2.05) is 18.4 Å². The summed E-state index contributed by atoms with van der Waals surface area (Å²) in [5.41, 5.74) is 12.8. The van der Waals surface area contributed by atoms with Crippen molar-refractivity contribution in [3.63, 3.8) is 0 Å². The van der Waals surface area contributed by atoms with Crippen molar-refractivity contribution in [1.29, 1.82) is 0 Å². The predicted octanol–water partition coefficient (Wildman–Crippen LogP) is 1.52. The molecule has 1 aromatic carbocycles. The van der Waals surface area contributed by atoms with E-state index in [-0.39, 0.29) is 0 Å². The van der Waals surface area contributed by atoms with Crippen molar-refractivity contribution in [3.8, 4) is 0 Å². The van der Waals surface area contributed by atoms with Crippen molar-refractivity contribution in [3.05, 3.63) is 18.2 Å². The molecule has 14 heavy (non-hydrogen) atoms. The van der Waals surface area contributed by atoms with Gasteiger partial charge in [-0.1, -0.05) is 0 Å². The Kier molecular flexibility index (Phi) is 2.17. The fraction of sp³-hybridized carbons (Fsp3) is 0.111. The van der Waals surface area contributed by atoms with E-state index in [0.29, 0.717) is 11.6 Å². The summed E-state index contributed by atoms with van der Waals surface area (Å²) in [5, 5.41) is 1.81. The highest BCUT2D eigenvalue weighted by Crippen LogP contribution is 2.25. The first-order chi connectivity index (χ1) is 6.70. The number of hydrogen-bond acceptors (Lipinski definition) is 5. The van der Waals surface area contributed by atoms with Gasteiger partial charge in [0.25, 0.3) is 0 Å². The Morgan fingerprint density at radius 3 is 2.71 bits per heavy atom. The number of rotatable bonds is 1. The van der Waals surface area contributed by atoms with Crippen LogP contribution in [-0.2, 0) is 0 Å². The van der Waals surface area contributed by atoms with Crippen molar-refractivity contribution < 1.29 is 0 Å². The molecule has 1 heterocycles. The molecular formula is C9H10N4S. The molecule has 2 rings (SSSR count). The summed E-state index contributed by atoms with van der Waals surface area (Å²) in [6.45, 7) is 0. The van der Waals surface area contributed by atoms with E-state index < -0.39 is 0 Å². The Morgan fingerprint density at radius 2 is 2.00 bits per heavy atom. The van der Waals surface area contributed by atoms with Crippen LogP contribution in [0.25, 0.3) is 10.9 Å². The second-order valence-corrected chi connectivity index (χ2v) is 3.66. The van der Waals surface area contributed by atoms with Crippen molar-refractivity contribution >= 4 is 34.3 Å². The Morgan fingerprint density at radius 1 is 1.21 bits per heavy atom. The van der Waals surface area contributed by atoms with Crippen LogP contribution in [0.15, 0.2) is 23.2 Å². The van der Waals surface area contributed by atoms with Gasteiger partial charge in [0.05, 0.1) is 5.52 Å². The van der Waals surface area contributed by atoms with Gasteiger partial charge in [-0.3, -0.25) is 0 Å². The highest BCUT2D eigenvalue weighted by Gasteiger charge is 2.04. The van der Waals surface area contributed by atoms with E-state index in [9.17, 15) is 0 Å². The number of anilines is 2. The van der Waals surface area contributed by atoms with Crippen LogP contribution in [0, 0.1) is 0 Å². The molecule has 0 saturated carbocycles. The molecule has 4 N–H and O–H groups in total. The fourth-order valence-electron chi connectivity index (χ4n) is 1.29. The highest BCUT2D eigenvalue weighted by molar-refractivity contribution is 7.98. The molecule has 1 aromatic heterocycles. The summed E-state index contributed by atoms with van der Waals surface area (Å²) in [5.74, 6) is 0.298. The number of nitrogen functional groups attached to an aromatic ring is 2. The number of fused-ring (bicyclic) bond motifs is 1. The Balaban J connectivity index is 2.81. The molecule has 0 amide bonds. The van der Waals surface area contributed by atoms with Gasteiger partial charge in [-0.25, -0.2) is 9.97 Å². The summed E-state index contributed by atoms with van der Waals surface area (Å²) >= 11 is 1.53. The first-order valence-corrected chi connectivity index (χ1v) is 5.30. The van der Waals surface area contributed by atoms with Gasteiger partial charge >= 0.3 is 0 Å². The van der Waals surface area contributed by atoms with Crippen LogP contribution in [0.2, 0.25) is 0 Å². The lowest BCUT2D eigenvalue weighted by atomic mass is 10.2. The summed E-state index contributed by atoms with van der Waals surface area (Å²) in [7, 11) is 0. The van der Waals surface area contributed by atoms with E-state index >= 15 is 0 Å². The molecule has 0 spiro atoms. The maximum Gasteiger partial charge on any atom is 0.221 e. The normalized spacial score (nSPS) is 10.6. The zero-order valence-corrected chi connectivity index (χ0v) is 8.51. The van der Waals surface area contributed by atoms with Gasteiger partial charge in [0.15, 0.2) is 0 Å². The number of nitrogens with zero attached hydrogens (tertiary/aromatic N) is 2. The van der Waals surface area contributed by atoms with Crippen molar-refractivity contribution in [1.82, 2.24) is 9.97 Å². The van der Waals surface area contributed by atoms with Gasteiger partial charge in [0.2, 0.25) is 5.95 Å². The SMILES string of the molecule is CSc1nc(N)nc2ccc(N)cc12. The summed E-state index contributed by atoms with van der Waals surface area (Å²) in [4.78, 5) is 8.26. The van der Waals surface area contributed by atoms with E-state index in [2.05, 4.69) is 9.97 Å². The maximum atomic E-state index is 5.69. The quantitative estimate of drug-likeness (QED) is 0.420. The van der Waals surface area contributed by atoms with Gasteiger partial charge in [-0.05, 0) is 24.5 Å². The van der Waals surface area contributed by atoms with Crippen LogP contribution < -0.4 is 11.5 Å². The van der Waals surface area contributed by atoms with E-state index in [4.69, 9.17) is 11.5 Å². The molecule has 0 aliphatic heterocycles. The molecule has 0 aliphatic rings.